The largest absolute Gasteiger partial charge is 0.0767 e. The zero-order valence-electron chi connectivity index (χ0n) is 14.3. The fourth-order valence-electron chi connectivity index (χ4n) is 3.08. The van der Waals surface area contributed by atoms with Crippen LogP contribution in [0.4, 0.5) is 0 Å². The highest BCUT2D eigenvalue weighted by molar-refractivity contribution is 5.74. The lowest BCUT2D eigenvalue weighted by Gasteiger charge is -2.34. The molecule has 116 valence electrons. The minimum atomic E-state index is 0.554. The van der Waals surface area contributed by atoms with E-state index in [1.165, 1.54) is 35.1 Å². The molecular weight excluding hydrogens is 264 g/mol. The molecule has 0 spiro atoms. The molecule has 0 heteroatoms. The van der Waals surface area contributed by atoms with Crippen LogP contribution in [0.15, 0.2) is 54.2 Å². The Morgan fingerprint density at radius 3 is 2.14 bits per heavy atom. The van der Waals surface area contributed by atoms with E-state index in [2.05, 4.69) is 88.4 Å². The molecule has 3 aliphatic rings. The Balaban J connectivity index is 0.000000259. The SMILES string of the molecule is C1=CC2C=Cc3cccc4c3C2C(=C1)C=C4.CCC.CCC. The molecule has 0 bridgehead atoms. The zero-order chi connectivity index (χ0) is 15.9. The Kier molecular flexibility index (Phi) is 6.00. The second-order valence-corrected chi connectivity index (χ2v) is 6.06. The van der Waals surface area contributed by atoms with Crippen LogP contribution in [0.5, 0.6) is 0 Å². The number of allylic oxidation sites excluding steroid dienone is 6. The molecule has 0 N–H and O–H groups in total. The van der Waals surface area contributed by atoms with Gasteiger partial charge in [0.2, 0.25) is 0 Å². The normalized spacial score (nSPS) is 21.7. The molecule has 3 aliphatic carbocycles. The van der Waals surface area contributed by atoms with Crippen LogP contribution in [-0.2, 0) is 0 Å². The van der Waals surface area contributed by atoms with Crippen LogP contribution >= 0.6 is 0 Å². The van der Waals surface area contributed by atoms with Gasteiger partial charge >= 0.3 is 0 Å². The first-order valence-electron chi connectivity index (χ1n) is 8.64. The maximum atomic E-state index is 2.33. The lowest BCUT2D eigenvalue weighted by Crippen LogP contribution is -2.20. The summed E-state index contributed by atoms with van der Waals surface area (Å²) in [6.45, 7) is 8.50. The highest BCUT2D eigenvalue weighted by Gasteiger charge is 2.31. The van der Waals surface area contributed by atoms with Crippen LogP contribution in [0.2, 0.25) is 0 Å². The van der Waals surface area contributed by atoms with Gasteiger partial charge in [-0.3, -0.25) is 0 Å². The van der Waals surface area contributed by atoms with Crippen molar-refractivity contribution in [2.75, 3.05) is 0 Å². The van der Waals surface area contributed by atoms with E-state index in [-0.39, 0.29) is 0 Å². The van der Waals surface area contributed by atoms with Crippen molar-refractivity contribution in [2.45, 2.75) is 46.5 Å². The highest BCUT2D eigenvalue weighted by atomic mass is 14.3. The summed E-state index contributed by atoms with van der Waals surface area (Å²) >= 11 is 0. The van der Waals surface area contributed by atoms with Gasteiger partial charge in [0.15, 0.2) is 0 Å². The number of hydrogen-bond donors (Lipinski definition) is 0. The van der Waals surface area contributed by atoms with Crippen LogP contribution in [-0.4, -0.2) is 0 Å². The van der Waals surface area contributed by atoms with E-state index in [0.29, 0.717) is 11.8 Å². The molecular formula is C22H28. The smallest absolute Gasteiger partial charge is 0.0199 e. The Hall–Kier alpha value is -1.82. The molecule has 0 radical (unpaired) electrons. The van der Waals surface area contributed by atoms with E-state index in [4.69, 9.17) is 0 Å². The molecule has 0 nitrogen and oxygen atoms in total. The maximum Gasteiger partial charge on any atom is 0.0199 e. The second-order valence-electron chi connectivity index (χ2n) is 6.06. The summed E-state index contributed by atoms with van der Waals surface area (Å²) in [5, 5.41) is 0. The summed E-state index contributed by atoms with van der Waals surface area (Å²) < 4.78 is 0. The molecule has 0 aromatic heterocycles. The predicted molar refractivity (Wildman–Crippen MR) is 99.9 cm³/mol. The van der Waals surface area contributed by atoms with Crippen molar-refractivity contribution in [3.05, 3.63) is 70.8 Å². The second kappa shape index (κ2) is 7.98. The van der Waals surface area contributed by atoms with Crippen molar-refractivity contribution in [3.63, 3.8) is 0 Å². The van der Waals surface area contributed by atoms with Crippen molar-refractivity contribution >= 4 is 12.2 Å². The third kappa shape index (κ3) is 3.32. The molecule has 0 fully saturated rings. The third-order valence-electron chi connectivity index (χ3n) is 3.80. The lowest BCUT2D eigenvalue weighted by atomic mass is 9.69. The summed E-state index contributed by atoms with van der Waals surface area (Å²) in [7, 11) is 0. The summed E-state index contributed by atoms with van der Waals surface area (Å²) in [4.78, 5) is 0. The minimum absolute atomic E-state index is 0.554. The fraction of sp³-hybridized carbons (Fsp3) is 0.364. The highest BCUT2D eigenvalue weighted by Crippen LogP contribution is 2.46. The molecule has 1 aromatic rings. The van der Waals surface area contributed by atoms with Gasteiger partial charge in [0.05, 0.1) is 0 Å². The van der Waals surface area contributed by atoms with Gasteiger partial charge < -0.3 is 0 Å². The topological polar surface area (TPSA) is 0 Å². The number of rotatable bonds is 0. The van der Waals surface area contributed by atoms with Crippen molar-refractivity contribution in [1.29, 1.82) is 0 Å². The van der Waals surface area contributed by atoms with Crippen molar-refractivity contribution in [3.8, 4) is 0 Å². The summed E-state index contributed by atoms with van der Waals surface area (Å²) in [5.41, 5.74) is 5.76. The van der Waals surface area contributed by atoms with Crippen molar-refractivity contribution < 1.29 is 0 Å². The van der Waals surface area contributed by atoms with Gasteiger partial charge in [0.1, 0.15) is 0 Å². The molecule has 0 saturated carbocycles. The Morgan fingerprint density at radius 2 is 1.45 bits per heavy atom. The van der Waals surface area contributed by atoms with Gasteiger partial charge in [0, 0.05) is 11.8 Å². The van der Waals surface area contributed by atoms with Crippen LogP contribution < -0.4 is 0 Å². The van der Waals surface area contributed by atoms with Gasteiger partial charge in [0.25, 0.3) is 0 Å². The Bertz CT molecular complexity index is 609. The van der Waals surface area contributed by atoms with E-state index >= 15 is 0 Å². The fourth-order valence-corrected chi connectivity index (χ4v) is 3.08. The molecule has 1 aromatic carbocycles. The maximum absolute atomic E-state index is 2.33. The minimum Gasteiger partial charge on any atom is -0.0767 e. The van der Waals surface area contributed by atoms with Gasteiger partial charge in [-0.05, 0) is 22.3 Å². The van der Waals surface area contributed by atoms with Crippen LogP contribution in [0.25, 0.3) is 12.2 Å². The van der Waals surface area contributed by atoms with E-state index in [9.17, 15) is 0 Å². The molecule has 0 amide bonds. The average Bonchev–Trinajstić information content (AvgIpc) is 2.54. The first-order chi connectivity index (χ1) is 10.8. The van der Waals surface area contributed by atoms with E-state index in [1.54, 1.807) is 0 Å². The monoisotopic (exact) mass is 292 g/mol. The van der Waals surface area contributed by atoms with Gasteiger partial charge in [-0.25, -0.2) is 0 Å². The summed E-state index contributed by atoms with van der Waals surface area (Å²) in [6.07, 6.45) is 18.4. The molecule has 0 heterocycles. The number of hydrogen-bond acceptors (Lipinski definition) is 0. The van der Waals surface area contributed by atoms with Crippen molar-refractivity contribution in [1.82, 2.24) is 0 Å². The molecule has 22 heavy (non-hydrogen) atoms. The number of benzene rings is 1. The molecule has 4 rings (SSSR count). The van der Waals surface area contributed by atoms with Gasteiger partial charge in [-0.1, -0.05) is 101 Å². The van der Waals surface area contributed by atoms with Crippen LogP contribution in [0.3, 0.4) is 0 Å². The first-order valence-corrected chi connectivity index (χ1v) is 8.64. The summed E-state index contributed by atoms with van der Waals surface area (Å²) in [6, 6.07) is 6.60. The molecule has 2 atom stereocenters. The van der Waals surface area contributed by atoms with E-state index in [0.717, 1.165) is 0 Å². The van der Waals surface area contributed by atoms with Crippen LogP contribution in [0.1, 0.15) is 63.1 Å². The Morgan fingerprint density at radius 1 is 0.818 bits per heavy atom. The van der Waals surface area contributed by atoms with Gasteiger partial charge in [-0.15, -0.1) is 0 Å². The molecule has 2 unspecified atom stereocenters. The standard InChI is InChI=1S/C16H12.2C3H8/c1-3-11-7-9-13-5-2-6-14-10-8-12(4-1)15(11)16(13)14;2*1-3-2/h1-11,15H;2*3H2,1-2H3. The molecule has 0 saturated heterocycles. The predicted octanol–water partition coefficient (Wildman–Crippen LogP) is 6.77. The molecule has 0 aliphatic heterocycles. The Labute approximate surface area is 136 Å². The lowest BCUT2D eigenvalue weighted by molar-refractivity contribution is 0.664. The average molecular weight is 292 g/mol. The van der Waals surface area contributed by atoms with Gasteiger partial charge in [-0.2, -0.15) is 0 Å². The van der Waals surface area contributed by atoms with Crippen LogP contribution in [0, 0.1) is 5.92 Å². The summed E-state index contributed by atoms with van der Waals surface area (Å²) in [5.74, 6) is 1.12. The van der Waals surface area contributed by atoms with E-state index in [1.807, 2.05) is 0 Å². The first kappa shape index (κ1) is 16.5. The zero-order valence-corrected chi connectivity index (χ0v) is 14.3. The van der Waals surface area contributed by atoms with E-state index < -0.39 is 0 Å². The third-order valence-corrected chi connectivity index (χ3v) is 3.80. The quantitative estimate of drug-likeness (QED) is 0.495. The van der Waals surface area contributed by atoms with Crippen molar-refractivity contribution in [2.24, 2.45) is 5.92 Å².